The molecule has 1 heterocycles. The van der Waals surface area contributed by atoms with Gasteiger partial charge in [0.05, 0.1) is 24.7 Å². The summed E-state index contributed by atoms with van der Waals surface area (Å²) in [5.41, 5.74) is 3.51. The van der Waals surface area contributed by atoms with Gasteiger partial charge in [-0.1, -0.05) is 60.7 Å². The van der Waals surface area contributed by atoms with Gasteiger partial charge in [-0.25, -0.2) is 13.6 Å². The second kappa shape index (κ2) is 10.8. The molecule has 0 spiro atoms. The standard InChI is InChI=1S/C32H27F2NO4/c1-39-31(38)23-4-2-20(3-5-23)21-6-10-24(11-7-21)32(25-12-16-27(34)17-13-25)28(30(37)35-32)18-19-29(36)22-8-14-26(33)15-9-22/h2-17,28-29,36H,18-19H2,1H3,(H,35,37)/t28-,29-,32-/m0/s1. The zero-order valence-electron chi connectivity index (χ0n) is 21.2. The maximum atomic E-state index is 13.8. The molecule has 1 aliphatic heterocycles. The molecule has 7 heteroatoms. The summed E-state index contributed by atoms with van der Waals surface area (Å²) in [6.45, 7) is 0. The Hall–Kier alpha value is -4.36. The van der Waals surface area contributed by atoms with Crippen molar-refractivity contribution in [2.75, 3.05) is 7.11 Å². The molecule has 0 aliphatic carbocycles. The number of ether oxygens (including phenoxy) is 1. The number of nitrogens with one attached hydrogen (secondary N) is 1. The summed E-state index contributed by atoms with van der Waals surface area (Å²) in [5, 5.41) is 13.8. The molecule has 2 N–H and O–H groups in total. The maximum Gasteiger partial charge on any atom is 0.337 e. The number of aliphatic hydroxyl groups is 1. The average molecular weight is 528 g/mol. The molecule has 5 nitrogen and oxygen atoms in total. The highest BCUT2D eigenvalue weighted by atomic mass is 19.1. The number of esters is 1. The largest absolute Gasteiger partial charge is 0.465 e. The van der Waals surface area contributed by atoms with Crippen molar-refractivity contribution in [2.24, 2.45) is 5.92 Å². The first-order chi connectivity index (χ1) is 18.8. The van der Waals surface area contributed by atoms with E-state index >= 15 is 0 Å². The lowest BCUT2D eigenvalue weighted by atomic mass is 9.64. The minimum atomic E-state index is -0.902. The predicted molar refractivity (Wildman–Crippen MR) is 143 cm³/mol. The third-order valence-electron chi connectivity index (χ3n) is 7.42. The van der Waals surface area contributed by atoms with Gasteiger partial charge >= 0.3 is 5.97 Å². The zero-order chi connectivity index (χ0) is 27.6. The van der Waals surface area contributed by atoms with Crippen LogP contribution in [0.2, 0.25) is 0 Å². The Morgan fingerprint density at radius 1 is 0.846 bits per heavy atom. The van der Waals surface area contributed by atoms with Gasteiger partial charge in [0, 0.05) is 0 Å². The van der Waals surface area contributed by atoms with Gasteiger partial charge in [0.1, 0.15) is 17.2 Å². The van der Waals surface area contributed by atoms with Crippen LogP contribution in [0.15, 0.2) is 97.1 Å². The molecule has 4 aromatic rings. The highest BCUT2D eigenvalue weighted by Crippen LogP contribution is 2.47. The van der Waals surface area contributed by atoms with Crippen LogP contribution in [0.3, 0.4) is 0 Å². The quantitative estimate of drug-likeness (QED) is 0.220. The lowest BCUT2D eigenvalue weighted by Crippen LogP contribution is -2.67. The minimum Gasteiger partial charge on any atom is -0.465 e. The molecule has 4 aromatic carbocycles. The van der Waals surface area contributed by atoms with Crippen LogP contribution in [-0.2, 0) is 15.1 Å². The minimum absolute atomic E-state index is 0.159. The average Bonchev–Trinajstić information content (AvgIpc) is 2.96. The molecule has 0 saturated carbocycles. The van der Waals surface area contributed by atoms with Gasteiger partial charge in [0.25, 0.3) is 0 Å². The van der Waals surface area contributed by atoms with Gasteiger partial charge in [-0.3, -0.25) is 4.79 Å². The number of β-lactam (4-membered cyclic amide) rings is 1. The summed E-state index contributed by atoms with van der Waals surface area (Å²) in [6, 6.07) is 26.5. The Balaban J connectivity index is 1.44. The zero-order valence-corrected chi connectivity index (χ0v) is 21.2. The van der Waals surface area contributed by atoms with Crippen LogP contribution in [0.5, 0.6) is 0 Å². The van der Waals surface area contributed by atoms with Gasteiger partial charge < -0.3 is 15.2 Å². The first-order valence-corrected chi connectivity index (χ1v) is 12.6. The number of benzene rings is 4. The maximum absolute atomic E-state index is 13.8. The molecule has 0 unspecified atom stereocenters. The van der Waals surface area contributed by atoms with Gasteiger partial charge in [-0.15, -0.1) is 0 Å². The molecular formula is C32H27F2NO4. The third kappa shape index (κ3) is 5.05. The van der Waals surface area contributed by atoms with Crippen molar-refractivity contribution in [3.8, 4) is 11.1 Å². The van der Waals surface area contributed by atoms with E-state index in [9.17, 15) is 23.5 Å². The van der Waals surface area contributed by atoms with Crippen molar-refractivity contribution in [3.05, 3.63) is 131 Å². The van der Waals surface area contributed by atoms with Crippen molar-refractivity contribution in [2.45, 2.75) is 24.5 Å². The number of hydrogen-bond acceptors (Lipinski definition) is 4. The molecule has 1 saturated heterocycles. The van der Waals surface area contributed by atoms with Crippen LogP contribution in [0.4, 0.5) is 8.78 Å². The number of aliphatic hydroxyl groups excluding tert-OH is 1. The van der Waals surface area contributed by atoms with E-state index in [2.05, 4.69) is 5.32 Å². The van der Waals surface area contributed by atoms with Crippen molar-refractivity contribution >= 4 is 11.9 Å². The van der Waals surface area contributed by atoms with E-state index < -0.39 is 23.5 Å². The second-order valence-electron chi connectivity index (χ2n) is 9.65. The summed E-state index contributed by atoms with van der Waals surface area (Å²) in [7, 11) is 1.34. The van der Waals surface area contributed by atoms with E-state index in [0.717, 1.165) is 22.3 Å². The summed E-state index contributed by atoms with van der Waals surface area (Å²) < 4.78 is 31.9. The molecule has 1 fully saturated rings. The first-order valence-electron chi connectivity index (χ1n) is 12.6. The normalized spacial score (nSPS) is 19.1. The molecular weight excluding hydrogens is 500 g/mol. The fraction of sp³-hybridized carbons (Fsp3) is 0.188. The van der Waals surface area contributed by atoms with Crippen molar-refractivity contribution < 1.29 is 28.2 Å². The first kappa shape index (κ1) is 26.3. The molecule has 39 heavy (non-hydrogen) atoms. The van der Waals surface area contributed by atoms with Crippen LogP contribution in [0.25, 0.3) is 11.1 Å². The number of methoxy groups -OCH3 is 1. The van der Waals surface area contributed by atoms with Crippen LogP contribution < -0.4 is 5.32 Å². The van der Waals surface area contributed by atoms with E-state index in [1.165, 1.54) is 43.5 Å². The van der Waals surface area contributed by atoms with E-state index in [4.69, 9.17) is 4.74 Å². The van der Waals surface area contributed by atoms with Crippen molar-refractivity contribution in [1.82, 2.24) is 5.32 Å². The number of hydrogen-bond donors (Lipinski definition) is 2. The number of carbonyl (C=O) groups excluding carboxylic acids is 2. The van der Waals surface area contributed by atoms with Crippen molar-refractivity contribution in [1.29, 1.82) is 0 Å². The Morgan fingerprint density at radius 2 is 1.33 bits per heavy atom. The topological polar surface area (TPSA) is 75.6 Å². The van der Waals surface area contributed by atoms with Crippen LogP contribution in [-0.4, -0.2) is 24.1 Å². The number of carbonyl (C=O) groups is 2. The van der Waals surface area contributed by atoms with Crippen molar-refractivity contribution in [3.63, 3.8) is 0 Å². The third-order valence-corrected chi connectivity index (χ3v) is 7.42. The Bertz CT molecular complexity index is 1470. The van der Waals surface area contributed by atoms with E-state index in [0.29, 0.717) is 17.5 Å². The fourth-order valence-corrected chi connectivity index (χ4v) is 5.28. The Labute approximate surface area is 225 Å². The highest BCUT2D eigenvalue weighted by molar-refractivity contribution is 5.91. The lowest BCUT2D eigenvalue weighted by Gasteiger charge is -2.50. The SMILES string of the molecule is COC(=O)c1ccc(-c2ccc([C@@]3(c4ccc(F)cc4)NC(=O)[C@@H]3CC[C@H](O)c3ccc(F)cc3)cc2)cc1. The van der Waals surface area contributed by atoms with Gasteiger partial charge in [0.15, 0.2) is 0 Å². The van der Waals surface area contributed by atoms with E-state index in [1.54, 1.807) is 24.3 Å². The molecule has 3 atom stereocenters. The van der Waals surface area contributed by atoms with E-state index in [1.807, 2.05) is 36.4 Å². The predicted octanol–water partition coefficient (Wildman–Crippen LogP) is 5.92. The smallest absolute Gasteiger partial charge is 0.337 e. The molecule has 1 aliphatic rings. The fourth-order valence-electron chi connectivity index (χ4n) is 5.28. The summed E-state index contributed by atoms with van der Waals surface area (Å²) in [5.74, 6) is -1.85. The lowest BCUT2D eigenvalue weighted by molar-refractivity contribution is -0.140. The van der Waals surface area contributed by atoms with Gasteiger partial charge in [-0.2, -0.15) is 0 Å². The highest BCUT2D eigenvalue weighted by Gasteiger charge is 2.55. The summed E-state index contributed by atoms with van der Waals surface area (Å²) in [4.78, 5) is 24.6. The second-order valence-corrected chi connectivity index (χ2v) is 9.65. The molecule has 0 radical (unpaired) electrons. The molecule has 0 aromatic heterocycles. The van der Waals surface area contributed by atoms with Gasteiger partial charge in [-0.05, 0) is 77.1 Å². The summed E-state index contributed by atoms with van der Waals surface area (Å²) in [6.07, 6.45) is -0.212. The Kier molecular flexibility index (Phi) is 7.26. The molecule has 0 bridgehead atoms. The number of amides is 1. The molecule has 198 valence electrons. The van der Waals surface area contributed by atoms with Crippen LogP contribution >= 0.6 is 0 Å². The van der Waals surface area contributed by atoms with Crippen LogP contribution in [0.1, 0.15) is 46.0 Å². The number of halogens is 2. The summed E-state index contributed by atoms with van der Waals surface area (Å²) >= 11 is 0. The Morgan fingerprint density at radius 3 is 1.85 bits per heavy atom. The van der Waals surface area contributed by atoms with E-state index in [-0.39, 0.29) is 24.0 Å². The van der Waals surface area contributed by atoms with Gasteiger partial charge in [0.2, 0.25) is 5.91 Å². The van der Waals surface area contributed by atoms with Crippen LogP contribution in [0, 0.1) is 17.6 Å². The monoisotopic (exact) mass is 527 g/mol. The molecule has 5 rings (SSSR count). The molecule has 1 amide bonds. The number of rotatable bonds is 8.